The minimum atomic E-state index is -0.138. The molecule has 0 saturated heterocycles. The molecule has 23 heavy (non-hydrogen) atoms. The molecule has 1 N–H and O–H groups in total. The molecule has 2 aromatic carbocycles. The number of fused-ring (bicyclic) bond motifs is 1. The summed E-state index contributed by atoms with van der Waals surface area (Å²) in [5.74, 6) is 0.841. The number of nitrogens with one attached hydrogen (secondary N) is 1. The first kappa shape index (κ1) is 15.6. The van der Waals surface area contributed by atoms with Crippen molar-refractivity contribution in [2.75, 3.05) is 11.9 Å². The minimum Gasteiger partial charge on any atom is -0.493 e. The Bertz CT molecular complexity index is 709. The van der Waals surface area contributed by atoms with Crippen LogP contribution < -0.4 is 10.1 Å². The number of para-hydroxylation sites is 2. The smallest absolute Gasteiger partial charge is 0.232 e. The van der Waals surface area contributed by atoms with Gasteiger partial charge < -0.3 is 10.1 Å². The van der Waals surface area contributed by atoms with Crippen molar-refractivity contribution in [3.63, 3.8) is 0 Å². The Balaban J connectivity index is 1.83. The third kappa shape index (κ3) is 3.24. The van der Waals surface area contributed by atoms with Crippen LogP contribution in [0.1, 0.15) is 42.4 Å². The second kappa shape index (κ2) is 6.86. The zero-order valence-corrected chi connectivity index (χ0v) is 13.8. The van der Waals surface area contributed by atoms with E-state index in [4.69, 9.17) is 4.74 Å². The van der Waals surface area contributed by atoms with Crippen LogP contribution in [-0.4, -0.2) is 12.5 Å². The second-order valence-electron chi connectivity index (χ2n) is 6.09. The summed E-state index contributed by atoms with van der Waals surface area (Å²) >= 11 is 0. The van der Waals surface area contributed by atoms with E-state index < -0.39 is 0 Å². The van der Waals surface area contributed by atoms with E-state index in [2.05, 4.69) is 18.3 Å². The number of aryl methyl sites for hydroxylation is 1. The SMILES string of the molecule is CCCCOc1ccccc1C[C@H]1C(=O)Nc2c(C)cccc21. The van der Waals surface area contributed by atoms with Crippen molar-refractivity contribution in [2.45, 2.75) is 39.0 Å². The van der Waals surface area contributed by atoms with Crippen LogP contribution in [0.4, 0.5) is 5.69 Å². The van der Waals surface area contributed by atoms with Gasteiger partial charge in [0.2, 0.25) is 5.91 Å². The molecule has 0 unspecified atom stereocenters. The van der Waals surface area contributed by atoms with Crippen molar-refractivity contribution in [1.29, 1.82) is 0 Å². The first-order valence-electron chi connectivity index (χ1n) is 8.31. The van der Waals surface area contributed by atoms with Crippen LogP contribution in [-0.2, 0) is 11.2 Å². The van der Waals surface area contributed by atoms with Gasteiger partial charge in [-0.1, -0.05) is 49.7 Å². The molecular weight excluding hydrogens is 286 g/mol. The van der Waals surface area contributed by atoms with Gasteiger partial charge in [0, 0.05) is 5.69 Å². The second-order valence-corrected chi connectivity index (χ2v) is 6.09. The van der Waals surface area contributed by atoms with Gasteiger partial charge in [-0.25, -0.2) is 0 Å². The van der Waals surface area contributed by atoms with Crippen LogP contribution in [0.5, 0.6) is 5.75 Å². The summed E-state index contributed by atoms with van der Waals surface area (Å²) in [5.41, 5.74) is 4.29. The van der Waals surface area contributed by atoms with E-state index in [0.29, 0.717) is 6.42 Å². The molecule has 0 spiro atoms. The van der Waals surface area contributed by atoms with E-state index in [1.54, 1.807) is 0 Å². The highest BCUT2D eigenvalue weighted by Gasteiger charge is 2.31. The highest BCUT2D eigenvalue weighted by Crippen LogP contribution is 2.38. The fourth-order valence-electron chi connectivity index (χ4n) is 3.07. The maximum atomic E-state index is 12.4. The molecule has 0 saturated carbocycles. The maximum Gasteiger partial charge on any atom is 0.232 e. The van der Waals surface area contributed by atoms with Gasteiger partial charge in [0.1, 0.15) is 5.75 Å². The number of benzene rings is 2. The molecular formula is C20H23NO2. The summed E-state index contributed by atoms with van der Waals surface area (Å²) in [5, 5.41) is 3.03. The van der Waals surface area contributed by atoms with Gasteiger partial charge in [0.25, 0.3) is 0 Å². The van der Waals surface area contributed by atoms with E-state index >= 15 is 0 Å². The lowest BCUT2D eigenvalue weighted by atomic mass is 9.92. The van der Waals surface area contributed by atoms with Crippen molar-refractivity contribution in [1.82, 2.24) is 0 Å². The van der Waals surface area contributed by atoms with Crippen LogP contribution in [0, 0.1) is 6.92 Å². The van der Waals surface area contributed by atoms with Gasteiger partial charge in [-0.2, -0.15) is 0 Å². The largest absolute Gasteiger partial charge is 0.493 e. The van der Waals surface area contributed by atoms with Gasteiger partial charge in [0.15, 0.2) is 0 Å². The van der Waals surface area contributed by atoms with E-state index in [1.165, 1.54) is 0 Å². The molecule has 1 aliphatic rings. The summed E-state index contributed by atoms with van der Waals surface area (Å²) in [6.45, 7) is 4.90. The normalized spacial score (nSPS) is 16.1. The Morgan fingerprint density at radius 1 is 1.13 bits per heavy atom. The van der Waals surface area contributed by atoms with E-state index in [9.17, 15) is 4.79 Å². The van der Waals surface area contributed by atoms with Crippen molar-refractivity contribution >= 4 is 11.6 Å². The molecule has 0 radical (unpaired) electrons. The lowest BCUT2D eigenvalue weighted by Crippen LogP contribution is -2.15. The predicted octanol–water partition coefficient (Wildman–Crippen LogP) is 4.45. The van der Waals surface area contributed by atoms with E-state index in [-0.39, 0.29) is 11.8 Å². The molecule has 0 fully saturated rings. The number of hydrogen-bond acceptors (Lipinski definition) is 2. The number of hydrogen-bond donors (Lipinski definition) is 1. The summed E-state index contributed by atoms with van der Waals surface area (Å²) in [6.07, 6.45) is 2.82. The Morgan fingerprint density at radius 3 is 2.78 bits per heavy atom. The van der Waals surface area contributed by atoms with Crippen molar-refractivity contribution in [2.24, 2.45) is 0 Å². The Labute approximate surface area is 137 Å². The zero-order valence-electron chi connectivity index (χ0n) is 13.8. The average molecular weight is 309 g/mol. The van der Waals surface area contributed by atoms with Crippen LogP contribution in [0.25, 0.3) is 0 Å². The standard InChI is InChI=1S/C20H23NO2/c1-3-4-12-23-18-11-6-5-9-15(18)13-17-16-10-7-8-14(2)19(16)21-20(17)22/h5-11,17H,3-4,12-13H2,1-2H3,(H,21,22)/t17-/m1/s1. The third-order valence-electron chi connectivity index (χ3n) is 4.40. The fraction of sp³-hybridized carbons (Fsp3) is 0.350. The van der Waals surface area contributed by atoms with Gasteiger partial charge >= 0.3 is 0 Å². The highest BCUT2D eigenvalue weighted by atomic mass is 16.5. The molecule has 0 aliphatic carbocycles. The molecule has 3 rings (SSSR count). The van der Waals surface area contributed by atoms with Crippen molar-refractivity contribution in [3.05, 3.63) is 59.2 Å². The summed E-state index contributed by atoms with van der Waals surface area (Å²) in [6, 6.07) is 14.1. The van der Waals surface area contributed by atoms with Crippen molar-refractivity contribution < 1.29 is 9.53 Å². The molecule has 120 valence electrons. The topological polar surface area (TPSA) is 38.3 Å². The first-order valence-corrected chi connectivity index (χ1v) is 8.31. The lowest BCUT2D eigenvalue weighted by Gasteiger charge is -2.14. The van der Waals surface area contributed by atoms with E-state index in [0.717, 1.165) is 47.6 Å². The molecule has 0 bridgehead atoms. The number of anilines is 1. The number of carbonyl (C=O) groups excluding carboxylic acids is 1. The molecule has 1 aliphatic heterocycles. The van der Waals surface area contributed by atoms with Crippen LogP contribution in [0.15, 0.2) is 42.5 Å². The molecule has 1 atom stereocenters. The molecule has 1 amide bonds. The summed E-state index contributed by atoms with van der Waals surface area (Å²) in [4.78, 5) is 12.4. The number of rotatable bonds is 6. The molecule has 1 heterocycles. The zero-order chi connectivity index (χ0) is 16.2. The van der Waals surface area contributed by atoms with Crippen LogP contribution in [0.3, 0.4) is 0 Å². The minimum absolute atomic E-state index is 0.0812. The average Bonchev–Trinajstić information content (AvgIpc) is 2.87. The van der Waals surface area contributed by atoms with Crippen molar-refractivity contribution in [3.8, 4) is 5.75 Å². The monoisotopic (exact) mass is 309 g/mol. The van der Waals surface area contributed by atoms with Gasteiger partial charge in [-0.15, -0.1) is 0 Å². The van der Waals surface area contributed by atoms with E-state index in [1.807, 2.05) is 43.3 Å². The number of ether oxygens (including phenoxy) is 1. The number of unbranched alkanes of at least 4 members (excludes halogenated alkanes) is 1. The molecule has 2 aromatic rings. The van der Waals surface area contributed by atoms with Gasteiger partial charge in [-0.3, -0.25) is 4.79 Å². The first-order chi connectivity index (χ1) is 11.2. The summed E-state index contributed by atoms with van der Waals surface area (Å²) in [7, 11) is 0. The summed E-state index contributed by atoms with van der Waals surface area (Å²) < 4.78 is 5.90. The molecule has 0 aromatic heterocycles. The van der Waals surface area contributed by atoms with Gasteiger partial charge in [-0.05, 0) is 42.5 Å². The molecule has 3 nitrogen and oxygen atoms in total. The van der Waals surface area contributed by atoms with Gasteiger partial charge in [0.05, 0.1) is 12.5 Å². The molecule has 3 heteroatoms. The lowest BCUT2D eigenvalue weighted by molar-refractivity contribution is -0.117. The van der Waals surface area contributed by atoms with Crippen LogP contribution in [0.2, 0.25) is 0 Å². The maximum absolute atomic E-state index is 12.4. The fourth-order valence-corrected chi connectivity index (χ4v) is 3.07. The Kier molecular flexibility index (Phi) is 4.65. The highest BCUT2D eigenvalue weighted by molar-refractivity contribution is 6.03. The Hall–Kier alpha value is -2.29. The Morgan fingerprint density at radius 2 is 1.96 bits per heavy atom. The number of carbonyl (C=O) groups is 1. The third-order valence-corrected chi connectivity index (χ3v) is 4.40. The predicted molar refractivity (Wildman–Crippen MR) is 93.1 cm³/mol. The quantitative estimate of drug-likeness (QED) is 0.800. The van der Waals surface area contributed by atoms with Crippen LogP contribution >= 0.6 is 0 Å². The number of amides is 1.